The topological polar surface area (TPSA) is 89.2 Å². The summed E-state index contributed by atoms with van der Waals surface area (Å²) in [5, 5.41) is 7.36. The van der Waals surface area contributed by atoms with E-state index in [1.807, 2.05) is 36.5 Å². The fourth-order valence-corrected chi connectivity index (χ4v) is 3.39. The van der Waals surface area contributed by atoms with Gasteiger partial charge in [0.05, 0.1) is 18.3 Å². The average molecular weight is 380 g/mol. The van der Waals surface area contributed by atoms with Crippen LogP contribution in [0.4, 0.5) is 5.82 Å². The first-order valence-electron chi connectivity index (χ1n) is 9.50. The maximum atomic E-state index is 5.60. The van der Waals surface area contributed by atoms with Crippen LogP contribution in [0.5, 0.6) is 0 Å². The highest BCUT2D eigenvalue weighted by molar-refractivity contribution is 5.55. The molecule has 3 aromatic rings. The Morgan fingerprint density at radius 3 is 3.00 bits per heavy atom. The first-order chi connectivity index (χ1) is 13.8. The number of ether oxygens (including phenoxy) is 1. The molecule has 1 saturated heterocycles. The van der Waals surface area contributed by atoms with Gasteiger partial charge in [0.2, 0.25) is 11.7 Å². The smallest absolute Gasteiger partial charge is 0.244 e. The molecule has 0 spiro atoms. The van der Waals surface area contributed by atoms with E-state index in [9.17, 15) is 0 Å². The molecule has 1 aliphatic rings. The SMILES string of the molecule is COCCNc1ccc(-c2noc([C@@H]3CCCN3Cc3ccccn3)n2)cn1. The molecule has 4 heterocycles. The van der Waals surface area contributed by atoms with Crippen LogP contribution in [0, 0.1) is 0 Å². The highest BCUT2D eigenvalue weighted by Gasteiger charge is 2.31. The molecule has 3 aromatic heterocycles. The molecule has 8 nitrogen and oxygen atoms in total. The maximum Gasteiger partial charge on any atom is 0.244 e. The average Bonchev–Trinajstić information content (AvgIpc) is 3.39. The summed E-state index contributed by atoms with van der Waals surface area (Å²) in [5.74, 6) is 2.02. The number of rotatable bonds is 8. The molecule has 0 unspecified atom stereocenters. The fraction of sp³-hybridized carbons (Fsp3) is 0.400. The van der Waals surface area contributed by atoms with Crippen molar-refractivity contribution < 1.29 is 9.26 Å². The van der Waals surface area contributed by atoms with Gasteiger partial charge in [-0.3, -0.25) is 9.88 Å². The van der Waals surface area contributed by atoms with Crippen LogP contribution in [0.2, 0.25) is 0 Å². The van der Waals surface area contributed by atoms with Crippen LogP contribution in [0.15, 0.2) is 47.2 Å². The highest BCUT2D eigenvalue weighted by Crippen LogP contribution is 2.33. The largest absolute Gasteiger partial charge is 0.383 e. The lowest BCUT2D eigenvalue weighted by Gasteiger charge is -2.20. The second-order valence-electron chi connectivity index (χ2n) is 6.76. The first kappa shape index (κ1) is 18.5. The van der Waals surface area contributed by atoms with Gasteiger partial charge < -0.3 is 14.6 Å². The first-order valence-corrected chi connectivity index (χ1v) is 9.50. The molecule has 0 radical (unpaired) electrons. The van der Waals surface area contributed by atoms with Gasteiger partial charge in [-0.1, -0.05) is 11.2 Å². The molecular formula is C20H24N6O2. The van der Waals surface area contributed by atoms with Crippen LogP contribution < -0.4 is 5.32 Å². The van der Waals surface area contributed by atoms with E-state index in [0.29, 0.717) is 24.9 Å². The summed E-state index contributed by atoms with van der Waals surface area (Å²) in [7, 11) is 1.67. The summed E-state index contributed by atoms with van der Waals surface area (Å²) >= 11 is 0. The van der Waals surface area contributed by atoms with Crippen LogP contribution in [0.3, 0.4) is 0 Å². The van der Waals surface area contributed by atoms with Gasteiger partial charge in [-0.15, -0.1) is 0 Å². The van der Waals surface area contributed by atoms with Gasteiger partial charge in [0, 0.05) is 38.2 Å². The summed E-state index contributed by atoms with van der Waals surface area (Å²) in [6, 6.07) is 9.97. The predicted molar refractivity (Wildman–Crippen MR) is 105 cm³/mol. The van der Waals surface area contributed by atoms with Gasteiger partial charge in [-0.05, 0) is 43.7 Å². The summed E-state index contributed by atoms with van der Waals surface area (Å²) in [5.41, 5.74) is 1.89. The third-order valence-corrected chi connectivity index (χ3v) is 4.82. The lowest BCUT2D eigenvalue weighted by atomic mass is 10.2. The Balaban J connectivity index is 1.43. The summed E-state index contributed by atoms with van der Waals surface area (Å²) in [4.78, 5) is 15.8. The quantitative estimate of drug-likeness (QED) is 0.597. The summed E-state index contributed by atoms with van der Waals surface area (Å²) < 4.78 is 10.6. The van der Waals surface area contributed by atoms with Crippen molar-refractivity contribution in [3.05, 3.63) is 54.3 Å². The zero-order valence-electron chi connectivity index (χ0n) is 15.9. The third kappa shape index (κ3) is 4.35. The number of nitrogens with one attached hydrogen (secondary N) is 1. The number of likely N-dealkylation sites (tertiary alicyclic amines) is 1. The van der Waals surface area contributed by atoms with E-state index in [4.69, 9.17) is 9.26 Å². The number of nitrogens with zero attached hydrogens (tertiary/aromatic N) is 5. The van der Waals surface area contributed by atoms with Crippen molar-refractivity contribution in [1.29, 1.82) is 0 Å². The van der Waals surface area contributed by atoms with Gasteiger partial charge in [-0.25, -0.2) is 4.98 Å². The van der Waals surface area contributed by atoms with Crippen LogP contribution in [0.25, 0.3) is 11.4 Å². The van der Waals surface area contributed by atoms with Crippen LogP contribution in [0.1, 0.15) is 30.5 Å². The molecule has 0 saturated carbocycles. The lowest BCUT2D eigenvalue weighted by molar-refractivity contribution is 0.199. The minimum Gasteiger partial charge on any atom is -0.383 e. The molecule has 1 fully saturated rings. The van der Waals surface area contributed by atoms with Crippen LogP contribution in [-0.4, -0.2) is 51.8 Å². The molecule has 1 aliphatic heterocycles. The third-order valence-electron chi connectivity index (χ3n) is 4.82. The minimum atomic E-state index is 0.131. The van der Waals surface area contributed by atoms with Crippen LogP contribution in [-0.2, 0) is 11.3 Å². The van der Waals surface area contributed by atoms with E-state index in [2.05, 4.69) is 30.3 Å². The Kier molecular flexibility index (Phi) is 5.89. The van der Waals surface area contributed by atoms with Crippen molar-refractivity contribution in [3.63, 3.8) is 0 Å². The van der Waals surface area contributed by atoms with E-state index in [1.165, 1.54) is 0 Å². The zero-order chi connectivity index (χ0) is 19.2. The van der Waals surface area contributed by atoms with Crippen LogP contribution >= 0.6 is 0 Å². The molecule has 0 aromatic carbocycles. The van der Waals surface area contributed by atoms with E-state index in [0.717, 1.165) is 43.0 Å². The Morgan fingerprint density at radius 2 is 2.21 bits per heavy atom. The van der Waals surface area contributed by atoms with Crippen molar-refractivity contribution in [3.8, 4) is 11.4 Å². The van der Waals surface area contributed by atoms with E-state index < -0.39 is 0 Å². The van der Waals surface area contributed by atoms with Crippen molar-refractivity contribution >= 4 is 5.82 Å². The van der Waals surface area contributed by atoms with E-state index >= 15 is 0 Å². The van der Waals surface area contributed by atoms with Crippen molar-refractivity contribution in [2.45, 2.75) is 25.4 Å². The Hall–Kier alpha value is -2.84. The molecular weight excluding hydrogens is 356 g/mol. The number of aromatic nitrogens is 4. The van der Waals surface area contributed by atoms with Gasteiger partial charge in [0.15, 0.2) is 0 Å². The number of pyridine rings is 2. The minimum absolute atomic E-state index is 0.131. The number of methoxy groups -OCH3 is 1. The second kappa shape index (κ2) is 8.90. The fourth-order valence-electron chi connectivity index (χ4n) is 3.39. The predicted octanol–water partition coefficient (Wildman–Crippen LogP) is 2.92. The van der Waals surface area contributed by atoms with E-state index in [-0.39, 0.29) is 6.04 Å². The highest BCUT2D eigenvalue weighted by atomic mass is 16.5. The molecule has 0 amide bonds. The van der Waals surface area contributed by atoms with Crippen molar-refractivity contribution in [2.24, 2.45) is 0 Å². The molecule has 8 heteroatoms. The number of hydrogen-bond donors (Lipinski definition) is 1. The van der Waals surface area contributed by atoms with Gasteiger partial charge in [0.25, 0.3) is 0 Å². The second-order valence-corrected chi connectivity index (χ2v) is 6.76. The summed E-state index contributed by atoms with van der Waals surface area (Å²) in [6.45, 7) is 3.13. The molecule has 0 aliphatic carbocycles. The molecule has 1 atom stereocenters. The van der Waals surface area contributed by atoms with Gasteiger partial charge in [0.1, 0.15) is 5.82 Å². The Bertz CT molecular complexity index is 868. The molecule has 146 valence electrons. The van der Waals surface area contributed by atoms with Crippen molar-refractivity contribution in [1.82, 2.24) is 25.0 Å². The number of hydrogen-bond acceptors (Lipinski definition) is 8. The lowest BCUT2D eigenvalue weighted by Crippen LogP contribution is -2.23. The maximum absolute atomic E-state index is 5.60. The molecule has 4 rings (SSSR count). The molecule has 28 heavy (non-hydrogen) atoms. The zero-order valence-corrected chi connectivity index (χ0v) is 15.9. The van der Waals surface area contributed by atoms with Gasteiger partial charge in [-0.2, -0.15) is 4.98 Å². The monoisotopic (exact) mass is 380 g/mol. The van der Waals surface area contributed by atoms with Gasteiger partial charge >= 0.3 is 0 Å². The van der Waals surface area contributed by atoms with E-state index in [1.54, 1.807) is 13.3 Å². The molecule has 1 N–H and O–H groups in total. The Labute approximate surface area is 164 Å². The Morgan fingerprint density at radius 1 is 1.25 bits per heavy atom. The standard InChI is InChI=1S/C20H24N6O2/c1-27-12-10-22-18-8-7-15(13-23-18)19-24-20(28-25-19)17-6-4-11-26(17)14-16-5-2-3-9-21-16/h2-3,5,7-9,13,17H,4,6,10-12,14H2,1H3,(H,22,23)/t17-/m0/s1. The normalized spacial score (nSPS) is 17.1. The molecule has 0 bridgehead atoms. The van der Waals surface area contributed by atoms with Crippen molar-refractivity contribution in [2.75, 3.05) is 32.1 Å². The summed E-state index contributed by atoms with van der Waals surface area (Å²) in [6.07, 6.45) is 5.70. The number of anilines is 1.